The molecule has 0 aromatic carbocycles. The molecule has 1 aromatic rings. The minimum Gasteiger partial charge on any atom is -0.354 e. The molecule has 1 fully saturated rings. The zero-order valence-electron chi connectivity index (χ0n) is 14.1. The first kappa shape index (κ1) is 23.1. The van der Waals surface area contributed by atoms with E-state index in [0.29, 0.717) is 23.3 Å². The van der Waals surface area contributed by atoms with Gasteiger partial charge < -0.3 is 16.4 Å². The molecular weight excluding hydrogens is 371 g/mol. The minimum atomic E-state index is -0.470. The molecule has 1 heterocycles. The molecule has 4 N–H and O–H groups in total. The lowest BCUT2D eigenvalue weighted by molar-refractivity contribution is -0.123. The smallest absolute Gasteiger partial charge is 0.231 e. The first-order chi connectivity index (χ1) is 10.3. The zero-order valence-corrected chi connectivity index (χ0v) is 16.6. The van der Waals surface area contributed by atoms with E-state index < -0.39 is 5.41 Å². The molecule has 0 saturated heterocycles. The number of aromatic nitrogens is 1. The van der Waals surface area contributed by atoms with E-state index in [1.165, 1.54) is 24.2 Å². The van der Waals surface area contributed by atoms with Gasteiger partial charge in [0, 0.05) is 23.4 Å². The largest absolute Gasteiger partial charge is 0.354 e. The van der Waals surface area contributed by atoms with Crippen molar-refractivity contribution in [2.75, 3.05) is 11.9 Å². The summed E-state index contributed by atoms with van der Waals surface area (Å²) in [7, 11) is 0. The molecule has 1 atom stereocenters. The molecule has 0 bridgehead atoms. The van der Waals surface area contributed by atoms with Gasteiger partial charge in [0.2, 0.25) is 11.8 Å². The van der Waals surface area contributed by atoms with E-state index in [9.17, 15) is 9.59 Å². The van der Waals surface area contributed by atoms with Gasteiger partial charge in [-0.15, -0.1) is 36.2 Å². The molecule has 24 heavy (non-hydrogen) atoms. The van der Waals surface area contributed by atoms with Crippen molar-refractivity contribution in [3.05, 3.63) is 11.1 Å². The number of halogens is 2. The number of thiazole rings is 1. The van der Waals surface area contributed by atoms with Crippen LogP contribution in [0.1, 0.15) is 39.3 Å². The van der Waals surface area contributed by atoms with E-state index in [2.05, 4.69) is 15.6 Å². The lowest BCUT2D eigenvalue weighted by Crippen LogP contribution is -2.39. The molecule has 1 aliphatic carbocycles. The van der Waals surface area contributed by atoms with Crippen molar-refractivity contribution in [3.63, 3.8) is 0 Å². The van der Waals surface area contributed by atoms with Gasteiger partial charge in [0.15, 0.2) is 5.13 Å². The van der Waals surface area contributed by atoms with Crippen molar-refractivity contribution in [2.24, 2.45) is 17.1 Å². The summed E-state index contributed by atoms with van der Waals surface area (Å²) in [4.78, 5) is 28.0. The fourth-order valence-electron chi connectivity index (χ4n) is 1.88. The third-order valence-electron chi connectivity index (χ3n) is 3.56. The number of carbonyl (C=O) groups is 2. The van der Waals surface area contributed by atoms with Gasteiger partial charge >= 0.3 is 0 Å². The van der Waals surface area contributed by atoms with Gasteiger partial charge in [-0.1, -0.05) is 20.8 Å². The summed E-state index contributed by atoms with van der Waals surface area (Å²) in [6, 6.07) is 0.0565. The number of carbonyl (C=O) groups excluding carboxylic acids is 2. The average Bonchev–Trinajstić information content (AvgIpc) is 3.18. The third-order valence-corrected chi connectivity index (χ3v) is 4.36. The number of nitrogens with one attached hydrogen (secondary N) is 2. The lowest BCUT2D eigenvalue weighted by atomic mass is 9.96. The van der Waals surface area contributed by atoms with Crippen LogP contribution >= 0.6 is 36.2 Å². The minimum absolute atomic E-state index is 0. The topological polar surface area (TPSA) is 97.1 Å². The van der Waals surface area contributed by atoms with Crippen molar-refractivity contribution >= 4 is 53.1 Å². The highest BCUT2D eigenvalue weighted by Crippen LogP contribution is 2.31. The molecule has 1 aromatic heterocycles. The summed E-state index contributed by atoms with van der Waals surface area (Å²) in [6.07, 6.45) is 2.54. The van der Waals surface area contributed by atoms with Crippen LogP contribution in [0.5, 0.6) is 0 Å². The first-order valence-electron chi connectivity index (χ1n) is 7.54. The molecule has 1 unspecified atom stereocenters. The van der Waals surface area contributed by atoms with Gasteiger partial charge in [-0.2, -0.15) is 0 Å². The van der Waals surface area contributed by atoms with E-state index in [-0.39, 0.29) is 49.1 Å². The SMILES string of the molecule is CC(C)(C)C(=O)Nc1nc(CC(=O)NCC(N)C2CC2)cs1.Cl.Cl. The second-order valence-electron chi connectivity index (χ2n) is 6.83. The lowest BCUT2D eigenvalue weighted by Gasteiger charge is -2.15. The highest BCUT2D eigenvalue weighted by Gasteiger charge is 2.28. The predicted molar refractivity (Wildman–Crippen MR) is 102 cm³/mol. The Kier molecular flexibility index (Phi) is 9.20. The van der Waals surface area contributed by atoms with Gasteiger partial charge in [0.1, 0.15) is 0 Å². The fourth-order valence-corrected chi connectivity index (χ4v) is 2.59. The van der Waals surface area contributed by atoms with Crippen molar-refractivity contribution in [2.45, 2.75) is 46.1 Å². The summed E-state index contributed by atoms with van der Waals surface area (Å²) in [5, 5.41) is 7.92. The maximum atomic E-state index is 11.9. The number of nitrogens with zero attached hydrogens (tertiary/aromatic N) is 1. The van der Waals surface area contributed by atoms with Crippen molar-refractivity contribution in [1.82, 2.24) is 10.3 Å². The fraction of sp³-hybridized carbons (Fsp3) is 0.667. The number of anilines is 1. The molecule has 9 heteroatoms. The molecule has 0 aliphatic heterocycles. The van der Waals surface area contributed by atoms with Crippen LogP contribution in [0.3, 0.4) is 0 Å². The Bertz CT molecular complexity index is 556. The Morgan fingerprint density at radius 1 is 1.38 bits per heavy atom. The highest BCUT2D eigenvalue weighted by atomic mass is 35.5. The summed E-state index contributed by atoms with van der Waals surface area (Å²) < 4.78 is 0. The molecule has 0 spiro atoms. The van der Waals surface area contributed by atoms with E-state index in [0.717, 1.165) is 0 Å². The second-order valence-corrected chi connectivity index (χ2v) is 7.69. The predicted octanol–water partition coefficient (Wildman–Crippen LogP) is 2.37. The van der Waals surface area contributed by atoms with E-state index in [1.54, 1.807) is 5.38 Å². The van der Waals surface area contributed by atoms with Gasteiger partial charge in [-0.25, -0.2) is 4.98 Å². The van der Waals surface area contributed by atoms with Crippen LogP contribution in [-0.2, 0) is 16.0 Å². The Hall–Kier alpha value is -0.890. The summed E-state index contributed by atoms with van der Waals surface area (Å²) in [6.45, 7) is 6.04. The quantitative estimate of drug-likeness (QED) is 0.687. The van der Waals surface area contributed by atoms with Gasteiger partial charge in [0.25, 0.3) is 0 Å². The van der Waals surface area contributed by atoms with E-state index in [1.807, 2.05) is 20.8 Å². The Morgan fingerprint density at radius 3 is 2.54 bits per heavy atom. The maximum absolute atomic E-state index is 11.9. The standard InChI is InChI=1S/C15H24N4O2S.2ClH/c1-15(2,3)13(21)19-14-18-10(8-22-14)6-12(20)17-7-11(16)9-4-5-9;;/h8-9,11H,4-7,16H2,1-3H3,(H,17,20)(H,18,19,21);2*1H. The molecule has 6 nitrogen and oxygen atoms in total. The maximum Gasteiger partial charge on any atom is 0.231 e. The van der Waals surface area contributed by atoms with Crippen LogP contribution in [-0.4, -0.2) is 29.4 Å². The molecular formula is C15H26Cl2N4O2S. The second kappa shape index (κ2) is 9.56. The van der Waals surface area contributed by atoms with Crippen LogP contribution in [0.2, 0.25) is 0 Å². The summed E-state index contributed by atoms with van der Waals surface area (Å²) >= 11 is 1.33. The number of rotatable bonds is 6. The molecule has 2 rings (SSSR count). The zero-order chi connectivity index (χ0) is 16.3. The third kappa shape index (κ3) is 7.34. The van der Waals surface area contributed by atoms with E-state index in [4.69, 9.17) is 5.73 Å². The van der Waals surface area contributed by atoms with Crippen molar-refractivity contribution in [3.8, 4) is 0 Å². The van der Waals surface area contributed by atoms with Crippen LogP contribution in [0.15, 0.2) is 5.38 Å². The summed E-state index contributed by atoms with van der Waals surface area (Å²) in [5.74, 6) is 0.391. The van der Waals surface area contributed by atoms with Crippen LogP contribution in [0.25, 0.3) is 0 Å². The van der Waals surface area contributed by atoms with Crippen LogP contribution in [0.4, 0.5) is 5.13 Å². The number of hydrogen-bond acceptors (Lipinski definition) is 5. The first-order valence-corrected chi connectivity index (χ1v) is 8.42. The molecule has 2 amide bonds. The van der Waals surface area contributed by atoms with Gasteiger partial charge in [-0.05, 0) is 18.8 Å². The molecule has 0 radical (unpaired) electrons. The highest BCUT2D eigenvalue weighted by molar-refractivity contribution is 7.13. The van der Waals surface area contributed by atoms with Gasteiger partial charge in [0.05, 0.1) is 12.1 Å². The Labute approximate surface area is 159 Å². The number of hydrogen-bond donors (Lipinski definition) is 3. The monoisotopic (exact) mass is 396 g/mol. The molecule has 1 aliphatic rings. The number of nitrogens with two attached hydrogens (primary N) is 1. The van der Waals surface area contributed by atoms with Crippen LogP contribution < -0.4 is 16.4 Å². The molecule has 1 saturated carbocycles. The average molecular weight is 397 g/mol. The van der Waals surface area contributed by atoms with E-state index >= 15 is 0 Å². The van der Waals surface area contributed by atoms with Crippen molar-refractivity contribution in [1.29, 1.82) is 0 Å². The van der Waals surface area contributed by atoms with Crippen LogP contribution in [0, 0.1) is 11.3 Å². The van der Waals surface area contributed by atoms with Gasteiger partial charge in [-0.3, -0.25) is 9.59 Å². The summed E-state index contributed by atoms with van der Waals surface area (Å²) in [5.41, 5.74) is 6.13. The Morgan fingerprint density at radius 2 is 2.00 bits per heavy atom. The Balaban J connectivity index is 0.00000264. The number of amides is 2. The normalized spacial score (nSPS) is 14.8. The molecule has 138 valence electrons. The van der Waals surface area contributed by atoms with Crippen molar-refractivity contribution < 1.29 is 9.59 Å².